The number of alkyl halides is 3. The van der Waals surface area contributed by atoms with Crippen LogP contribution < -0.4 is 4.90 Å². The molecule has 0 aliphatic carbocycles. The van der Waals surface area contributed by atoms with Crippen molar-refractivity contribution in [2.24, 2.45) is 0 Å². The van der Waals surface area contributed by atoms with Gasteiger partial charge in [0.05, 0.1) is 0 Å². The molecule has 2 heterocycles. The first-order valence-electron chi connectivity index (χ1n) is 7.06. The zero-order valence-electron chi connectivity index (χ0n) is 12.4. The zero-order chi connectivity index (χ0) is 17.7. The number of esters is 2. The maximum Gasteiger partial charge on any atom is 0.490 e. The first-order valence-corrected chi connectivity index (χ1v) is 7.44. The molecule has 1 aliphatic rings. The fraction of sp³-hybridized carbons (Fsp3) is 0.500. The highest BCUT2D eigenvalue weighted by atomic mass is 35.5. The molecule has 6 nitrogen and oxygen atoms in total. The lowest BCUT2D eigenvalue weighted by atomic mass is 10.1. The molecule has 0 amide bonds. The maximum atomic E-state index is 11.9. The van der Waals surface area contributed by atoms with Crippen molar-refractivity contribution in [2.45, 2.75) is 25.1 Å². The molecule has 0 atom stereocenters. The van der Waals surface area contributed by atoms with Crippen LogP contribution in [0.25, 0.3) is 0 Å². The van der Waals surface area contributed by atoms with Gasteiger partial charge in [0.15, 0.2) is 6.61 Å². The number of aromatic nitrogens is 1. The van der Waals surface area contributed by atoms with E-state index in [2.05, 4.69) is 9.72 Å². The molecule has 1 aromatic rings. The van der Waals surface area contributed by atoms with E-state index in [1.165, 1.54) is 0 Å². The van der Waals surface area contributed by atoms with Crippen LogP contribution in [0.4, 0.5) is 19.0 Å². The summed E-state index contributed by atoms with van der Waals surface area (Å²) in [7, 11) is 0. The van der Waals surface area contributed by atoms with Gasteiger partial charge in [-0.3, -0.25) is 0 Å². The van der Waals surface area contributed by atoms with E-state index >= 15 is 0 Å². The Kier molecular flexibility index (Phi) is 5.87. The number of hydrogen-bond donors (Lipinski definition) is 0. The number of pyridine rings is 1. The third-order valence-electron chi connectivity index (χ3n) is 3.32. The van der Waals surface area contributed by atoms with Gasteiger partial charge in [0, 0.05) is 25.9 Å². The Hall–Kier alpha value is -2.03. The molecule has 1 saturated heterocycles. The average Bonchev–Trinajstić information content (AvgIpc) is 2.52. The molecule has 1 aromatic heterocycles. The summed E-state index contributed by atoms with van der Waals surface area (Å²) in [6.07, 6.45) is -4.62. The molecule has 0 radical (unpaired) electrons. The van der Waals surface area contributed by atoms with E-state index in [-0.39, 0.29) is 0 Å². The SMILES string of the molecule is O=C(COC(=O)C(F)(F)F)OC1CCN(c2cccc(Cl)n2)CC1. The summed E-state index contributed by atoms with van der Waals surface area (Å²) < 4.78 is 44.7. The quantitative estimate of drug-likeness (QED) is 0.602. The zero-order valence-corrected chi connectivity index (χ0v) is 13.1. The predicted octanol–water partition coefficient (Wildman–Crippen LogP) is 2.35. The minimum Gasteiger partial charge on any atom is -0.460 e. The lowest BCUT2D eigenvalue weighted by molar-refractivity contribution is -0.202. The van der Waals surface area contributed by atoms with Crippen LogP contribution in [0.15, 0.2) is 18.2 Å². The Morgan fingerprint density at radius 2 is 1.96 bits per heavy atom. The lowest BCUT2D eigenvalue weighted by Crippen LogP contribution is -2.39. The van der Waals surface area contributed by atoms with Crippen molar-refractivity contribution in [1.29, 1.82) is 0 Å². The highest BCUT2D eigenvalue weighted by molar-refractivity contribution is 6.29. The number of carbonyl (C=O) groups excluding carboxylic acids is 2. The molecule has 0 unspecified atom stereocenters. The Morgan fingerprint density at radius 3 is 2.54 bits per heavy atom. The third kappa shape index (κ3) is 5.26. The van der Waals surface area contributed by atoms with E-state index in [4.69, 9.17) is 16.3 Å². The van der Waals surface area contributed by atoms with Crippen LogP contribution in [0.2, 0.25) is 5.15 Å². The van der Waals surface area contributed by atoms with Crippen LogP contribution in [0.3, 0.4) is 0 Å². The van der Waals surface area contributed by atoms with E-state index in [0.29, 0.717) is 36.9 Å². The summed E-state index contributed by atoms with van der Waals surface area (Å²) in [5.41, 5.74) is 0. The fourth-order valence-corrected chi connectivity index (χ4v) is 2.36. The number of halogens is 4. The molecule has 10 heteroatoms. The minimum absolute atomic E-state index is 0.368. The Labute approximate surface area is 140 Å². The molecule has 0 bridgehead atoms. The number of piperidine rings is 1. The van der Waals surface area contributed by atoms with Crippen molar-refractivity contribution in [3.8, 4) is 0 Å². The van der Waals surface area contributed by atoms with Crippen LogP contribution >= 0.6 is 11.6 Å². The normalized spacial score (nSPS) is 15.9. The molecule has 1 aliphatic heterocycles. The summed E-state index contributed by atoms with van der Waals surface area (Å²) in [4.78, 5) is 28.1. The van der Waals surface area contributed by atoms with Gasteiger partial charge in [-0.15, -0.1) is 0 Å². The Balaban J connectivity index is 1.75. The van der Waals surface area contributed by atoms with Gasteiger partial charge < -0.3 is 14.4 Å². The van der Waals surface area contributed by atoms with Gasteiger partial charge in [-0.1, -0.05) is 17.7 Å². The topological polar surface area (TPSA) is 68.7 Å². The van der Waals surface area contributed by atoms with Gasteiger partial charge in [-0.2, -0.15) is 13.2 Å². The standard InChI is InChI=1S/C14H14ClF3N2O4/c15-10-2-1-3-11(19-10)20-6-4-9(5-7-20)24-12(21)8-23-13(22)14(16,17)18/h1-3,9H,4-8H2. The lowest BCUT2D eigenvalue weighted by Gasteiger charge is -2.32. The van der Waals surface area contributed by atoms with Crippen LogP contribution in [0.1, 0.15) is 12.8 Å². The van der Waals surface area contributed by atoms with Crippen molar-refractivity contribution in [1.82, 2.24) is 4.98 Å². The molecule has 2 rings (SSSR count). The van der Waals surface area contributed by atoms with Crippen molar-refractivity contribution >= 4 is 29.4 Å². The largest absolute Gasteiger partial charge is 0.490 e. The van der Waals surface area contributed by atoms with Gasteiger partial charge in [-0.05, 0) is 12.1 Å². The fourth-order valence-electron chi connectivity index (χ4n) is 2.20. The molecular formula is C14H14ClF3N2O4. The van der Waals surface area contributed by atoms with Crippen LogP contribution in [0.5, 0.6) is 0 Å². The summed E-state index contributed by atoms with van der Waals surface area (Å²) in [6, 6.07) is 5.22. The van der Waals surface area contributed by atoms with Gasteiger partial charge in [-0.25, -0.2) is 14.6 Å². The molecule has 24 heavy (non-hydrogen) atoms. The number of hydrogen-bond acceptors (Lipinski definition) is 6. The smallest absolute Gasteiger partial charge is 0.460 e. The van der Waals surface area contributed by atoms with E-state index in [9.17, 15) is 22.8 Å². The summed E-state index contributed by atoms with van der Waals surface area (Å²) in [5, 5.41) is 0.368. The van der Waals surface area contributed by atoms with Crippen molar-refractivity contribution < 1.29 is 32.2 Å². The first kappa shape index (κ1) is 18.3. The molecule has 0 saturated carbocycles. The summed E-state index contributed by atoms with van der Waals surface area (Å²) in [5.74, 6) is -2.72. The van der Waals surface area contributed by atoms with E-state index in [0.717, 1.165) is 0 Å². The summed E-state index contributed by atoms with van der Waals surface area (Å²) >= 11 is 5.83. The van der Waals surface area contributed by atoms with E-state index < -0.39 is 30.8 Å². The van der Waals surface area contributed by atoms with Gasteiger partial charge >= 0.3 is 18.1 Å². The summed E-state index contributed by atoms with van der Waals surface area (Å²) in [6.45, 7) is 0.0374. The van der Waals surface area contributed by atoms with E-state index in [1.54, 1.807) is 18.2 Å². The minimum atomic E-state index is -5.13. The number of nitrogens with zero attached hydrogens (tertiary/aromatic N) is 2. The molecule has 0 N–H and O–H groups in total. The second-order valence-electron chi connectivity index (χ2n) is 5.07. The number of rotatable bonds is 4. The monoisotopic (exact) mass is 366 g/mol. The van der Waals surface area contributed by atoms with Gasteiger partial charge in [0.25, 0.3) is 0 Å². The highest BCUT2D eigenvalue weighted by Gasteiger charge is 2.41. The van der Waals surface area contributed by atoms with Gasteiger partial charge in [0.1, 0.15) is 17.1 Å². The maximum absolute atomic E-state index is 11.9. The Morgan fingerprint density at radius 1 is 1.29 bits per heavy atom. The number of carbonyl (C=O) groups is 2. The number of ether oxygens (including phenoxy) is 2. The predicted molar refractivity (Wildman–Crippen MR) is 77.6 cm³/mol. The Bertz CT molecular complexity index is 604. The molecule has 0 spiro atoms. The first-order chi connectivity index (χ1) is 11.3. The molecule has 0 aromatic carbocycles. The van der Waals surface area contributed by atoms with Crippen LogP contribution in [-0.4, -0.2) is 48.9 Å². The highest BCUT2D eigenvalue weighted by Crippen LogP contribution is 2.21. The van der Waals surface area contributed by atoms with Crippen LogP contribution in [-0.2, 0) is 19.1 Å². The van der Waals surface area contributed by atoms with Gasteiger partial charge in [0.2, 0.25) is 0 Å². The van der Waals surface area contributed by atoms with Crippen molar-refractivity contribution in [2.75, 3.05) is 24.6 Å². The second-order valence-corrected chi connectivity index (χ2v) is 5.46. The van der Waals surface area contributed by atoms with Crippen LogP contribution in [0, 0.1) is 0 Å². The third-order valence-corrected chi connectivity index (χ3v) is 3.53. The van der Waals surface area contributed by atoms with E-state index in [1.807, 2.05) is 4.90 Å². The van der Waals surface area contributed by atoms with Crippen molar-refractivity contribution in [3.05, 3.63) is 23.4 Å². The average molecular weight is 367 g/mol. The second kappa shape index (κ2) is 7.69. The molecule has 1 fully saturated rings. The molecular weight excluding hydrogens is 353 g/mol. The number of anilines is 1. The molecule has 132 valence electrons. The van der Waals surface area contributed by atoms with Crippen molar-refractivity contribution in [3.63, 3.8) is 0 Å².